The van der Waals surface area contributed by atoms with Crippen LogP contribution in [0, 0.1) is 10.1 Å². The minimum atomic E-state index is -0.458. The Hall–Kier alpha value is -1.96. The Bertz CT molecular complexity index is 521. The Morgan fingerprint density at radius 1 is 1.59 bits per heavy atom. The highest BCUT2D eigenvalue weighted by Crippen LogP contribution is 2.19. The number of nitrogens with one attached hydrogen (secondary N) is 1. The first-order chi connectivity index (χ1) is 8.19. The van der Waals surface area contributed by atoms with Crippen LogP contribution in [0.15, 0.2) is 18.6 Å². The van der Waals surface area contributed by atoms with Crippen molar-refractivity contribution in [2.45, 2.75) is 13.5 Å². The van der Waals surface area contributed by atoms with Crippen LogP contribution in [0.5, 0.6) is 0 Å². The molecule has 0 atom stereocenters. The molecule has 8 heteroatoms. The fourth-order valence-electron chi connectivity index (χ4n) is 1.31. The highest BCUT2D eigenvalue weighted by molar-refractivity contribution is 7.15. The fourth-order valence-corrected chi connectivity index (χ4v) is 2.18. The van der Waals surface area contributed by atoms with Crippen LogP contribution in [0.4, 0.5) is 10.8 Å². The topological polar surface area (TPSA) is 85.9 Å². The maximum absolute atomic E-state index is 10.5. The second kappa shape index (κ2) is 4.91. The van der Waals surface area contributed by atoms with Gasteiger partial charge in [0.2, 0.25) is 0 Å². The van der Waals surface area contributed by atoms with Crippen LogP contribution in [-0.4, -0.2) is 26.2 Å². The van der Waals surface area contributed by atoms with Crippen LogP contribution in [0.25, 0.3) is 0 Å². The molecule has 2 rings (SSSR count). The molecule has 2 aromatic rings. The van der Waals surface area contributed by atoms with E-state index in [2.05, 4.69) is 15.4 Å². The van der Waals surface area contributed by atoms with Gasteiger partial charge in [0.25, 0.3) is 0 Å². The summed E-state index contributed by atoms with van der Waals surface area (Å²) in [6.45, 7) is 3.31. The van der Waals surface area contributed by atoms with Gasteiger partial charge in [-0.05, 0) is 6.92 Å². The molecule has 0 saturated carbocycles. The minimum Gasteiger partial charge on any atom is -0.362 e. The summed E-state index contributed by atoms with van der Waals surface area (Å²) in [7, 11) is 0. The van der Waals surface area contributed by atoms with Crippen molar-refractivity contribution < 1.29 is 4.92 Å². The summed E-state index contributed by atoms with van der Waals surface area (Å²) in [5, 5.41) is 18.4. The molecule has 0 radical (unpaired) electrons. The van der Waals surface area contributed by atoms with E-state index in [9.17, 15) is 10.1 Å². The van der Waals surface area contributed by atoms with Crippen LogP contribution in [0.1, 0.15) is 11.8 Å². The third-order valence-electron chi connectivity index (χ3n) is 2.03. The molecule has 0 amide bonds. The minimum absolute atomic E-state index is 0.00132. The van der Waals surface area contributed by atoms with Crippen molar-refractivity contribution in [3.8, 4) is 0 Å². The molecule has 0 saturated heterocycles. The molecule has 0 aliphatic heterocycles. The molecule has 2 heterocycles. The molecule has 2 aromatic heterocycles. The Labute approximate surface area is 101 Å². The smallest absolute Gasteiger partial charge is 0.307 e. The number of hydrogen-bond acceptors (Lipinski definition) is 6. The first kappa shape index (κ1) is 11.5. The molecule has 0 aromatic carbocycles. The first-order valence-corrected chi connectivity index (χ1v) is 5.86. The number of nitrogens with zero attached hydrogens (tertiary/aromatic N) is 4. The summed E-state index contributed by atoms with van der Waals surface area (Å²) in [4.78, 5) is 15.2. The molecule has 0 fully saturated rings. The standard InChI is InChI=1S/C9H11N5O2S/c1-2-10-9-11-4-8(17-9)6-13-5-7(3-12-13)14(15)16/h3-5H,2,6H2,1H3,(H,10,11). The Morgan fingerprint density at radius 2 is 2.41 bits per heavy atom. The second-order valence-electron chi connectivity index (χ2n) is 3.32. The molecule has 0 bridgehead atoms. The second-order valence-corrected chi connectivity index (χ2v) is 4.43. The summed E-state index contributed by atoms with van der Waals surface area (Å²) in [6, 6.07) is 0. The lowest BCUT2D eigenvalue weighted by atomic mass is 10.5. The fraction of sp³-hybridized carbons (Fsp3) is 0.333. The summed E-state index contributed by atoms with van der Waals surface area (Å²) in [5.41, 5.74) is 0.00132. The summed E-state index contributed by atoms with van der Waals surface area (Å²) in [5.74, 6) is 0. The highest BCUT2D eigenvalue weighted by Gasteiger charge is 2.09. The van der Waals surface area contributed by atoms with Crippen molar-refractivity contribution in [2.75, 3.05) is 11.9 Å². The quantitative estimate of drug-likeness (QED) is 0.647. The van der Waals surface area contributed by atoms with Crippen LogP contribution >= 0.6 is 11.3 Å². The zero-order chi connectivity index (χ0) is 12.3. The van der Waals surface area contributed by atoms with E-state index in [0.717, 1.165) is 16.6 Å². The molecular weight excluding hydrogens is 242 g/mol. The summed E-state index contributed by atoms with van der Waals surface area (Å²) in [6.07, 6.45) is 4.40. The molecule has 17 heavy (non-hydrogen) atoms. The third-order valence-corrected chi connectivity index (χ3v) is 2.97. The highest BCUT2D eigenvalue weighted by atomic mass is 32.1. The van der Waals surface area contributed by atoms with E-state index >= 15 is 0 Å². The lowest BCUT2D eigenvalue weighted by molar-refractivity contribution is -0.385. The van der Waals surface area contributed by atoms with Gasteiger partial charge in [-0.15, -0.1) is 11.3 Å². The number of rotatable bonds is 5. The van der Waals surface area contributed by atoms with E-state index in [1.54, 1.807) is 6.20 Å². The number of nitro groups is 1. The maximum atomic E-state index is 10.5. The van der Waals surface area contributed by atoms with Crippen LogP contribution in [-0.2, 0) is 6.54 Å². The van der Waals surface area contributed by atoms with Crippen molar-refractivity contribution in [3.63, 3.8) is 0 Å². The van der Waals surface area contributed by atoms with Gasteiger partial charge in [0.15, 0.2) is 5.13 Å². The van der Waals surface area contributed by atoms with Crippen molar-refractivity contribution in [3.05, 3.63) is 33.6 Å². The monoisotopic (exact) mass is 253 g/mol. The maximum Gasteiger partial charge on any atom is 0.307 e. The van der Waals surface area contributed by atoms with E-state index in [1.807, 2.05) is 6.92 Å². The van der Waals surface area contributed by atoms with E-state index in [1.165, 1.54) is 28.4 Å². The molecule has 0 spiro atoms. The van der Waals surface area contributed by atoms with Crippen LogP contribution in [0.2, 0.25) is 0 Å². The van der Waals surface area contributed by atoms with Crippen molar-refractivity contribution in [1.29, 1.82) is 0 Å². The molecule has 0 aliphatic rings. The van der Waals surface area contributed by atoms with Gasteiger partial charge in [-0.25, -0.2) is 4.98 Å². The molecule has 1 N–H and O–H groups in total. The average Bonchev–Trinajstić information content (AvgIpc) is 2.89. The van der Waals surface area contributed by atoms with Gasteiger partial charge in [-0.3, -0.25) is 14.8 Å². The molecule has 0 unspecified atom stereocenters. The van der Waals surface area contributed by atoms with Gasteiger partial charge in [-0.2, -0.15) is 5.10 Å². The lowest BCUT2D eigenvalue weighted by Crippen LogP contribution is -1.97. The van der Waals surface area contributed by atoms with E-state index in [0.29, 0.717) is 6.54 Å². The van der Waals surface area contributed by atoms with Gasteiger partial charge < -0.3 is 5.32 Å². The number of anilines is 1. The van der Waals surface area contributed by atoms with Gasteiger partial charge >= 0.3 is 5.69 Å². The first-order valence-electron chi connectivity index (χ1n) is 5.04. The Balaban J connectivity index is 2.05. The van der Waals surface area contributed by atoms with Crippen molar-refractivity contribution >= 4 is 22.2 Å². The number of aromatic nitrogens is 3. The predicted molar refractivity (Wildman–Crippen MR) is 64.3 cm³/mol. The molecule has 0 aliphatic carbocycles. The SMILES string of the molecule is CCNc1ncc(Cn2cc([N+](=O)[O-])cn2)s1. The van der Waals surface area contributed by atoms with E-state index < -0.39 is 4.92 Å². The van der Waals surface area contributed by atoms with Gasteiger partial charge in [-0.1, -0.05) is 0 Å². The van der Waals surface area contributed by atoms with Crippen LogP contribution < -0.4 is 5.32 Å². The molecule has 7 nitrogen and oxygen atoms in total. The van der Waals surface area contributed by atoms with Gasteiger partial charge in [0.05, 0.1) is 11.5 Å². The summed E-state index contributed by atoms with van der Waals surface area (Å²) >= 11 is 1.52. The normalized spacial score (nSPS) is 10.4. The Morgan fingerprint density at radius 3 is 3.06 bits per heavy atom. The van der Waals surface area contributed by atoms with Crippen LogP contribution in [0.3, 0.4) is 0 Å². The van der Waals surface area contributed by atoms with Crippen molar-refractivity contribution in [1.82, 2.24) is 14.8 Å². The predicted octanol–water partition coefficient (Wildman–Crippen LogP) is 1.73. The zero-order valence-corrected chi connectivity index (χ0v) is 9.98. The largest absolute Gasteiger partial charge is 0.362 e. The Kier molecular flexibility index (Phi) is 3.33. The average molecular weight is 253 g/mol. The lowest BCUT2D eigenvalue weighted by Gasteiger charge is -1.96. The number of hydrogen-bond donors (Lipinski definition) is 1. The zero-order valence-electron chi connectivity index (χ0n) is 9.16. The van der Waals surface area contributed by atoms with E-state index in [-0.39, 0.29) is 5.69 Å². The third kappa shape index (κ3) is 2.78. The molecule has 90 valence electrons. The molecular formula is C9H11N5O2S. The van der Waals surface area contributed by atoms with Crippen molar-refractivity contribution in [2.24, 2.45) is 0 Å². The van der Waals surface area contributed by atoms with Gasteiger partial charge in [0, 0.05) is 17.6 Å². The summed E-state index contributed by atoms with van der Waals surface area (Å²) < 4.78 is 1.53. The number of thiazole rings is 1. The van der Waals surface area contributed by atoms with E-state index in [4.69, 9.17) is 0 Å². The van der Waals surface area contributed by atoms with Gasteiger partial charge in [0.1, 0.15) is 12.4 Å².